The van der Waals surface area contributed by atoms with Crippen molar-refractivity contribution in [1.29, 1.82) is 5.26 Å². The first kappa shape index (κ1) is 13.1. The smallest absolute Gasteiger partial charge is 0.872 e. The van der Waals surface area contributed by atoms with Crippen molar-refractivity contribution in [3.8, 4) is 11.8 Å². The van der Waals surface area contributed by atoms with Gasteiger partial charge in [-0.2, -0.15) is 5.26 Å². The van der Waals surface area contributed by atoms with Gasteiger partial charge in [0.1, 0.15) is 0 Å². The van der Waals surface area contributed by atoms with Crippen molar-refractivity contribution in [2.75, 3.05) is 0 Å². The molecule has 0 N–H and O–H groups in total. The van der Waals surface area contributed by atoms with Gasteiger partial charge in [-0.15, -0.1) is 5.75 Å². The van der Waals surface area contributed by atoms with Crippen LogP contribution in [0.15, 0.2) is 30.3 Å². The van der Waals surface area contributed by atoms with E-state index in [0.29, 0.717) is 0 Å². The summed E-state index contributed by atoms with van der Waals surface area (Å²) in [7, 11) is 0. The topological polar surface area (TPSA) is 46.8 Å². The Hall–Kier alpha value is -0.490. The second-order valence-electron chi connectivity index (χ2n) is 1.54. The van der Waals surface area contributed by atoms with E-state index in [0.717, 1.165) is 0 Å². The van der Waals surface area contributed by atoms with Crippen molar-refractivity contribution in [3.63, 3.8) is 0 Å². The SMILES string of the molecule is CC#N.[Na+].[O-]c1ccccc1. The monoisotopic (exact) mass is 157 g/mol. The zero-order valence-corrected chi connectivity index (χ0v) is 8.74. The molecule has 2 nitrogen and oxygen atoms in total. The summed E-state index contributed by atoms with van der Waals surface area (Å²) in [6, 6.07) is 10.1. The van der Waals surface area contributed by atoms with Crippen LogP contribution in [0.3, 0.4) is 0 Å². The Bertz CT molecular complexity index is 205. The first-order valence-electron chi connectivity index (χ1n) is 2.84. The van der Waals surface area contributed by atoms with Gasteiger partial charge < -0.3 is 5.11 Å². The molecule has 0 aliphatic rings. The van der Waals surface area contributed by atoms with Gasteiger partial charge in [-0.1, -0.05) is 30.3 Å². The maximum Gasteiger partial charge on any atom is 1.00 e. The summed E-state index contributed by atoms with van der Waals surface area (Å²) in [5, 5.41) is 17.6. The molecule has 0 aliphatic heterocycles. The van der Waals surface area contributed by atoms with Gasteiger partial charge in [-0.05, 0) is 0 Å². The van der Waals surface area contributed by atoms with Gasteiger partial charge in [0.25, 0.3) is 0 Å². The van der Waals surface area contributed by atoms with Gasteiger partial charge in [0.2, 0.25) is 0 Å². The summed E-state index contributed by atoms with van der Waals surface area (Å²) in [5.41, 5.74) is 0. The zero-order chi connectivity index (χ0) is 7.82. The molecule has 0 bridgehead atoms. The quantitative estimate of drug-likeness (QED) is 0.421. The van der Waals surface area contributed by atoms with E-state index in [4.69, 9.17) is 5.26 Å². The third-order valence-corrected chi connectivity index (χ3v) is 0.743. The van der Waals surface area contributed by atoms with E-state index in [1.165, 1.54) is 19.1 Å². The number of hydrogen-bond donors (Lipinski definition) is 0. The molecular weight excluding hydrogens is 149 g/mol. The molecule has 0 heterocycles. The number of para-hydroxylation sites is 1. The third-order valence-electron chi connectivity index (χ3n) is 0.743. The minimum absolute atomic E-state index is 0. The minimum Gasteiger partial charge on any atom is -0.872 e. The largest absolute Gasteiger partial charge is 1.00 e. The fourth-order valence-corrected chi connectivity index (χ4v) is 0.420. The second-order valence-corrected chi connectivity index (χ2v) is 1.54. The molecule has 1 aromatic carbocycles. The summed E-state index contributed by atoms with van der Waals surface area (Å²) in [6.07, 6.45) is 0. The summed E-state index contributed by atoms with van der Waals surface area (Å²) in [5.74, 6) is 0.0718. The number of nitrogens with zero attached hydrogens (tertiary/aromatic N) is 1. The van der Waals surface area contributed by atoms with Crippen molar-refractivity contribution in [1.82, 2.24) is 0 Å². The molecule has 0 saturated carbocycles. The molecule has 0 fully saturated rings. The molecule has 0 aromatic heterocycles. The molecule has 0 spiro atoms. The van der Waals surface area contributed by atoms with Gasteiger partial charge in [0.05, 0.1) is 6.07 Å². The molecule has 0 unspecified atom stereocenters. The van der Waals surface area contributed by atoms with Gasteiger partial charge in [0, 0.05) is 6.92 Å². The van der Waals surface area contributed by atoms with Gasteiger partial charge in [0.15, 0.2) is 0 Å². The number of nitriles is 1. The van der Waals surface area contributed by atoms with Crippen LogP contribution in [0.4, 0.5) is 0 Å². The van der Waals surface area contributed by atoms with E-state index in [1.54, 1.807) is 18.2 Å². The van der Waals surface area contributed by atoms with Crippen LogP contribution in [-0.4, -0.2) is 0 Å². The predicted octanol–water partition coefficient (Wildman–Crippen LogP) is -1.71. The van der Waals surface area contributed by atoms with Crippen LogP contribution in [-0.2, 0) is 0 Å². The zero-order valence-electron chi connectivity index (χ0n) is 6.74. The van der Waals surface area contributed by atoms with E-state index >= 15 is 0 Å². The van der Waals surface area contributed by atoms with Crippen LogP contribution in [0.1, 0.15) is 6.92 Å². The summed E-state index contributed by atoms with van der Waals surface area (Å²) in [6.45, 7) is 1.43. The number of rotatable bonds is 0. The van der Waals surface area contributed by atoms with Crippen molar-refractivity contribution >= 4 is 0 Å². The fourth-order valence-electron chi connectivity index (χ4n) is 0.420. The van der Waals surface area contributed by atoms with E-state index < -0.39 is 0 Å². The molecule has 0 atom stereocenters. The average Bonchev–Trinajstić information content (AvgIpc) is 1.91. The van der Waals surface area contributed by atoms with Crippen LogP contribution < -0.4 is 34.7 Å². The minimum atomic E-state index is 0. The molecule has 52 valence electrons. The average molecular weight is 157 g/mol. The van der Waals surface area contributed by atoms with Crippen molar-refractivity contribution < 1.29 is 34.7 Å². The second kappa shape index (κ2) is 9.51. The van der Waals surface area contributed by atoms with Crippen LogP contribution >= 0.6 is 0 Å². The maximum absolute atomic E-state index is 10.3. The molecule has 0 amide bonds. The molecule has 0 saturated heterocycles. The van der Waals surface area contributed by atoms with E-state index in [2.05, 4.69) is 0 Å². The third kappa shape index (κ3) is 9.51. The van der Waals surface area contributed by atoms with Crippen LogP contribution in [0.25, 0.3) is 0 Å². The van der Waals surface area contributed by atoms with Crippen molar-refractivity contribution in [2.24, 2.45) is 0 Å². The van der Waals surface area contributed by atoms with E-state index in [-0.39, 0.29) is 35.3 Å². The maximum atomic E-state index is 10.3. The van der Waals surface area contributed by atoms with Crippen molar-refractivity contribution in [3.05, 3.63) is 30.3 Å². The normalized spacial score (nSPS) is 6.18. The molecule has 11 heavy (non-hydrogen) atoms. The Morgan fingerprint density at radius 1 is 1.27 bits per heavy atom. The first-order chi connectivity index (χ1) is 4.81. The molecule has 1 aromatic rings. The number of benzene rings is 1. The van der Waals surface area contributed by atoms with E-state index in [9.17, 15) is 5.11 Å². The molecule has 0 aliphatic carbocycles. The van der Waals surface area contributed by atoms with Crippen LogP contribution in [0.5, 0.6) is 5.75 Å². The summed E-state index contributed by atoms with van der Waals surface area (Å²) >= 11 is 0. The Balaban J connectivity index is 0. The molecular formula is C8H8NNaO. The molecule has 0 radical (unpaired) electrons. The Kier molecular flexibility index (Phi) is 11.3. The number of hydrogen-bond acceptors (Lipinski definition) is 2. The summed E-state index contributed by atoms with van der Waals surface area (Å²) < 4.78 is 0. The van der Waals surface area contributed by atoms with Gasteiger partial charge in [-0.25, -0.2) is 0 Å². The standard InChI is InChI=1S/C6H6O.C2H3N.Na/c7-6-4-2-1-3-5-6;1-2-3;/h1-5,7H;1H3;/q;;+1/p-1. The van der Waals surface area contributed by atoms with Crippen LogP contribution in [0.2, 0.25) is 0 Å². The molecule has 1 rings (SSSR count). The summed E-state index contributed by atoms with van der Waals surface area (Å²) in [4.78, 5) is 0. The fraction of sp³-hybridized carbons (Fsp3) is 0.125. The molecule has 3 heteroatoms. The predicted molar refractivity (Wildman–Crippen MR) is 37.2 cm³/mol. The van der Waals surface area contributed by atoms with Crippen LogP contribution in [0, 0.1) is 11.3 Å². The Morgan fingerprint density at radius 2 is 1.64 bits per heavy atom. The Morgan fingerprint density at radius 3 is 1.82 bits per heavy atom. The Labute approximate surface area is 88.8 Å². The van der Waals surface area contributed by atoms with Gasteiger partial charge in [-0.3, -0.25) is 0 Å². The van der Waals surface area contributed by atoms with Crippen molar-refractivity contribution in [2.45, 2.75) is 6.92 Å². The van der Waals surface area contributed by atoms with E-state index in [1.807, 2.05) is 6.07 Å². The van der Waals surface area contributed by atoms with Gasteiger partial charge >= 0.3 is 29.6 Å². The first-order valence-corrected chi connectivity index (χ1v) is 2.84.